The Bertz CT molecular complexity index is 387. The second-order valence-corrected chi connectivity index (χ2v) is 3.99. The van der Waals surface area contributed by atoms with E-state index < -0.39 is 12.7 Å². The third-order valence-corrected chi connectivity index (χ3v) is 2.75. The summed E-state index contributed by atoms with van der Waals surface area (Å²) in [6, 6.07) is 5.13. The average Bonchev–Trinajstić information content (AvgIpc) is 2.17. The molecule has 2 rings (SSSR count). The molecule has 1 aliphatic heterocycles. The first kappa shape index (κ1) is 11.1. The van der Waals surface area contributed by atoms with Crippen LogP contribution in [-0.2, 0) is 6.42 Å². The lowest BCUT2D eigenvalue weighted by Gasteiger charge is -2.32. The summed E-state index contributed by atoms with van der Waals surface area (Å²) in [7, 11) is 0. The second-order valence-electron chi connectivity index (χ2n) is 3.99. The van der Waals surface area contributed by atoms with Gasteiger partial charge in [0, 0.05) is 17.9 Å². The van der Waals surface area contributed by atoms with Gasteiger partial charge in [0.2, 0.25) is 0 Å². The molecule has 0 unspecified atom stereocenters. The summed E-state index contributed by atoms with van der Waals surface area (Å²) in [5.41, 5.74) is 7.82. The predicted molar refractivity (Wildman–Crippen MR) is 57.4 cm³/mol. The third kappa shape index (κ3) is 2.23. The van der Waals surface area contributed by atoms with E-state index in [2.05, 4.69) is 0 Å². The van der Waals surface area contributed by atoms with Gasteiger partial charge in [-0.3, -0.25) is 0 Å². The number of halogens is 3. The average molecular weight is 230 g/mol. The molecule has 0 aromatic heterocycles. The molecule has 0 saturated heterocycles. The molecule has 0 amide bonds. The normalized spacial score (nSPS) is 16.1. The SMILES string of the molecule is Nc1cccc2c1CCCN2CC(F)(F)F. The molecule has 5 heteroatoms. The Kier molecular flexibility index (Phi) is 2.69. The number of fused-ring (bicyclic) bond motifs is 1. The summed E-state index contributed by atoms with van der Waals surface area (Å²) in [5, 5.41) is 0. The first-order valence-corrected chi connectivity index (χ1v) is 5.16. The molecule has 0 atom stereocenters. The lowest BCUT2D eigenvalue weighted by atomic mass is 10.00. The molecule has 0 spiro atoms. The quantitative estimate of drug-likeness (QED) is 0.751. The van der Waals surface area contributed by atoms with E-state index >= 15 is 0 Å². The van der Waals surface area contributed by atoms with Crippen LogP contribution in [0.25, 0.3) is 0 Å². The molecule has 1 aliphatic rings. The van der Waals surface area contributed by atoms with Crippen LogP contribution < -0.4 is 10.6 Å². The summed E-state index contributed by atoms with van der Waals surface area (Å²) >= 11 is 0. The fourth-order valence-corrected chi connectivity index (χ4v) is 2.11. The highest BCUT2D eigenvalue weighted by molar-refractivity contribution is 5.66. The van der Waals surface area contributed by atoms with E-state index in [1.807, 2.05) is 0 Å². The summed E-state index contributed by atoms with van der Waals surface area (Å²) in [5.74, 6) is 0. The first-order chi connectivity index (χ1) is 7.47. The molecular weight excluding hydrogens is 217 g/mol. The van der Waals surface area contributed by atoms with Gasteiger partial charge in [0.1, 0.15) is 6.54 Å². The zero-order chi connectivity index (χ0) is 11.8. The number of nitrogens with zero attached hydrogens (tertiary/aromatic N) is 1. The largest absolute Gasteiger partial charge is 0.405 e. The third-order valence-electron chi connectivity index (χ3n) is 2.75. The van der Waals surface area contributed by atoms with E-state index in [9.17, 15) is 13.2 Å². The molecule has 88 valence electrons. The number of benzene rings is 1. The molecular formula is C11H13F3N2. The van der Waals surface area contributed by atoms with Gasteiger partial charge in [-0.25, -0.2) is 0 Å². The number of hydrogen-bond donors (Lipinski definition) is 1. The van der Waals surface area contributed by atoms with Crippen molar-refractivity contribution in [2.75, 3.05) is 23.7 Å². The molecule has 0 radical (unpaired) electrons. The van der Waals surface area contributed by atoms with Crippen LogP contribution in [0.4, 0.5) is 24.5 Å². The van der Waals surface area contributed by atoms with Crippen molar-refractivity contribution < 1.29 is 13.2 Å². The minimum Gasteiger partial charge on any atom is -0.398 e. The summed E-state index contributed by atoms with van der Waals surface area (Å²) < 4.78 is 37.1. The van der Waals surface area contributed by atoms with E-state index in [0.717, 1.165) is 18.4 Å². The second kappa shape index (κ2) is 3.88. The minimum absolute atomic E-state index is 0.440. The highest BCUT2D eigenvalue weighted by atomic mass is 19.4. The van der Waals surface area contributed by atoms with Gasteiger partial charge < -0.3 is 10.6 Å². The number of alkyl halides is 3. The molecule has 1 heterocycles. The molecule has 16 heavy (non-hydrogen) atoms. The first-order valence-electron chi connectivity index (χ1n) is 5.16. The lowest BCUT2D eigenvalue weighted by Crippen LogP contribution is -2.37. The Labute approximate surface area is 91.8 Å². The van der Waals surface area contributed by atoms with Crippen molar-refractivity contribution in [3.63, 3.8) is 0 Å². The van der Waals surface area contributed by atoms with Gasteiger partial charge in [-0.2, -0.15) is 13.2 Å². The monoisotopic (exact) mass is 230 g/mol. The van der Waals surface area contributed by atoms with Crippen molar-refractivity contribution in [3.05, 3.63) is 23.8 Å². The standard InChI is InChI=1S/C11H13F3N2/c12-11(13,14)7-16-6-2-3-8-9(15)4-1-5-10(8)16/h1,4-5H,2-3,6-7,15H2. The predicted octanol–water partition coefficient (Wildman–Crippen LogP) is 2.58. The van der Waals surface area contributed by atoms with Crippen molar-refractivity contribution in [1.29, 1.82) is 0 Å². The highest BCUT2D eigenvalue weighted by Gasteiger charge is 2.32. The number of rotatable bonds is 1. The van der Waals surface area contributed by atoms with Gasteiger partial charge in [0.05, 0.1) is 0 Å². The fraction of sp³-hybridized carbons (Fsp3) is 0.455. The number of nitrogens with two attached hydrogens (primary N) is 1. The minimum atomic E-state index is -4.17. The Hall–Kier alpha value is -1.39. The maximum atomic E-state index is 12.4. The molecule has 2 nitrogen and oxygen atoms in total. The molecule has 0 saturated carbocycles. The van der Waals surface area contributed by atoms with Gasteiger partial charge in [-0.05, 0) is 30.5 Å². The zero-order valence-corrected chi connectivity index (χ0v) is 8.72. The molecule has 0 bridgehead atoms. The van der Waals surface area contributed by atoms with Gasteiger partial charge in [0.25, 0.3) is 0 Å². The summed E-state index contributed by atoms with van der Waals surface area (Å²) in [4.78, 5) is 1.36. The van der Waals surface area contributed by atoms with Crippen molar-refractivity contribution in [3.8, 4) is 0 Å². The van der Waals surface area contributed by atoms with Crippen LogP contribution in [0.2, 0.25) is 0 Å². The Morgan fingerprint density at radius 1 is 1.31 bits per heavy atom. The van der Waals surface area contributed by atoms with E-state index in [4.69, 9.17) is 5.73 Å². The van der Waals surface area contributed by atoms with Gasteiger partial charge >= 0.3 is 6.18 Å². The number of nitrogen functional groups attached to an aromatic ring is 1. The lowest BCUT2D eigenvalue weighted by molar-refractivity contribution is -0.119. The number of hydrogen-bond acceptors (Lipinski definition) is 2. The zero-order valence-electron chi connectivity index (χ0n) is 8.72. The molecule has 1 aromatic rings. The van der Waals surface area contributed by atoms with Crippen molar-refractivity contribution in [1.82, 2.24) is 0 Å². The van der Waals surface area contributed by atoms with E-state index in [-0.39, 0.29) is 0 Å². The van der Waals surface area contributed by atoms with Crippen LogP contribution in [0.1, 0.15) is 12.0 Å². The van der Waals surface area contributed by atoms with Crippen LogP contribution in [-0.4, -0.2) is 19.3 Å². The summed E-state index contributed by atoms with van der Waals surface area (Å²) in [6.45, 7) is -0.459. The number of anilines is 2. The Morgan fingerprint density at radius 2 is 2.06 bits per heavy atom. The summed E-state index contributed by atoms with van der Waals surface area (Å²) in [6.07, 6.45) is -2.69. The van der Waals surface area contributed by atoms with Crippen LogP contribution in [0.5, 0.6) is 0 Å². The van der Waals surface area contributed by atoms with Crippen LogP contribution >= 0.6 is 0 Å². The Balaban J connectivity index is 2.30. The van der Waals surface area contributed by atoms with Gasteiger partial charge in [0.15, 0.2) is 0 Å². The van der Waals surface area contributed by atoms with E-state index in [0.29, 0.717) is 17.9 Å². The maximum Gasteiger partial charge on any atom is 0.405 e. The highest BCUT2D eigenvalue weighted by Crippen LogP contribution is 2.33. The maximum absolute atomic E-state index is 12.4. The molecule has 0 fully saturated rings. The van der Waals surface area contributed by atoms with Crippen LogP contribution in [0, 0.1) is 0 Å². The van der Waals surface area contributed by atoms with Gasteiger partial charge in [-0.15, -0.1) is 0 Å². The fourth-order valence-electron chi connectivity index (χ4n) is 2.11. The van der Waals surface area contributed by atoms with Crippen LogP contribution in [0.15, 0.2) is 18.2 Å². The molecule has 1 aromatic carbocycles. The smallest absolute Gasteiger partial charge is 0.398 e. The van der Waals surface area contributed by atoms with Crippen molar-refractivity contribution in [2.24, 2.45) is 0 Å². The van der Waals surface area contributed by atoms with E-state index in [1.54, 1.807) is 18.2 Å². The molecule has 2 N–H and O–H groups in total. The van der Waals surface area contributed by atoms with Crippen LogP contribution in [0.3, 0.4) is 0 Å². The molecule has 0 aliphatic carbocycles. The van der Waals surface area contributed by atoms with Crippen molar-refractivity contribution >= 4 is 11.4 Å². The van der Waals surface area contributed by atoms with Crippen molar-refractivity contribution in [2.45, 2.75) is 19.0 Å². The van der Waals surface area contributed by atoms with E-state index in [1.165, 1.54) is 4.90 Å². The van der Waals surface area contributed by atoms with Gasteiger partial charge in [-0.1, -0.05) is 6.07 Å². The topological polar surface area (TPSA) is 29.3 Å². The Morgan fingerprint density at radius 3 is 2.75 bits per heavy atom.